The number of halogens is 1. The van der Waals surface area contributed by atoms with Gasteiger partial charge in [-0.25, -0.2) is 0 Å². The van der Waals surface area contributed by atoms with Gasteiger partial charge in [0.25, 0.3) is 0 Å². The lowest BCUT2D eigenvalue weighted by molar-refractivity contribution is 0.332. The zero-order valence-corrected chi connectivity index (χ0v) is 5.64. The molecule has 3 nitrogen and oxygen atoms in total. The van der Waals surface area contributed by atoms with Gasteiger partial charge in [-0.1, -0.05) is 0 Å². The number of phenolic OH excluding ortho intramolecular Hbond substituents is 1. The van der Waals surface area contributed by atoms with Gasteiger partial charge in [-0.2, -0.15) is 4.39 Å². The van der Waals surface area contributed by atoms with Crippen LogP contribution in [0, 0.1) is 5.82 Å². The minimum atomic E-state index is -1.28. The summed E-state index contributed by atoms with van der Waals surface area (Å²) in [5.74, 6) is -3.47. The Labute approximate surface area is 73.3 Å². The highest BCUT2D eigenvalue weighted by molar-refractivity contribution is 5.48. The number of hydrogen-bond acceptors (Lipinski definition) is 3. The normalized spacial score (nSPS) is 19.4. The van der Waals surface area contributed by atoms with E-state index in [9.17, 15) is 4.39 Å². The molecule has 62 valence electrons. The Kier molecular flexibility index (Phi) is 0.762. The molecule has 2 rings (SSSR count). The SMILES string of the molecule is [2H]C1=C([2H])Oc2c(F)c(O)c([2H])c([2H])c2O1. The fraction of sp³-hybridized carbons (Fsp3) is 0. The molecule has 0 spiro atoms. The molecule has 0 saturated carbocycles. The minimum absolute atomic E-state index is 0.485. The lowest BCUT2D eigenvalue weighted by atomic mass is 10.3. The predicted octanol–water partition coefficient (Wildman–Crippen LogP) is 1.77. The van der Waals surface area contributed by atoms with Crippen LogP contribution >= 0.6 is 0 Å². The van der Waals surface area contributed by atoms with E-state index < -0.39 is 47.6 Å². The van der Waals surface area contributed by atoms with Crippen molar-refractivity contribution in [3.63, 3.8) is 0 Å². The molecule has 0 bridgehead atoms. The topological polar surface area (TPSA) is 38.7 Å². The van der Waals surface area contributed by atoms with Crippen LogP contribution in [0.25, 0.3) is 0 Å². The van der Waals surface area contributed by atoms with Gasteiger partial charge in [-0.3, -0.25) is 0 Å². The second kappa shape index (κ2) is 2.41. The first kappa shape index (κ1) is 3.80. The average Bonchev–Trinajstić information content (AvgIpc) is 2.26. The molecule has 4 heteroatoms. The summed E-state index contributed by atoms with van der Waals surface area (Å²) in [6.07, 6.45) is -1.42. The molecule has 0 aliphatic carbocycles. The van der Waals surface area contributed by atoms with Crippen molar-refractivity contribution >= 4 is 0 Å². The summed E-state index contributed by atoms with van der Waals surface area (Å²) in [6, 6.07) is -1.37. The summed E-state index contributed by atoms with van der Waals surface area (Å²) in [6.45, 7) is 0. The van der Waals surface area contributed by atoms with Gasteiger partial charge >= 0.3 is 0 Å². The number of rotatable bonds is 0. The van der Waals surface area contributed by atoms with Crippen LogP contribution in [-0.4, -0.2) is 5.11 Å². The third kappa shape index (κ3) is 0.887. The highest BCUT2D eigenvalue weighted by Crippen LogP contribution is 2.37. The van der Waals surface area contributed by atoms with Crippen molar-refractivity contribution in [1.82, 2.24) is 0 Å². The molecule has 12 heavy (non-hydrogen) atoms. The van der Waals surface area contributed by atoms with E-state index in [1.165, 1.54) is 0 Å². The van der Waals surface area contributed by atoms with Crippen molar-refractivity contribution in [3.05, 3.63) is 30.4 Å². The van der Waals surface area contributed by atoms with Gasteiger partial charge < -0.3 is 14.6 Å². The molecular weight excluding hydrogens is 163 g/mol. The molecule has 0 atom stereocenters. The van der Waals surface area contributed by atoms with Gasteiger partial charge in [-0.15, -0.1) is 0 Å². The van der Waals surface area contributed by atoms with Gasteiger partial charge in [0.05, 0.1) is 2.74 Å². The lowest BCUT2D eigenvalue weighted by Crippen LogP contribution is -1.98. The maximum atomic E-state index is 13.4. The Bertz CT molecular complexity index is 470. The van der Waals surface area contributed by atoms with Crippen LogP contribution < -0.4 is 9.47 Å². The summed E-state index contributed by atoms with van der Waals surface area (Å²) in [4.78, 5) is 0. The maximum Gasteiger partial charge on any atom is 0.211 e. The first-order valence-electron chi connectivity index (χ1n) is 4.98. The van der Waals surface area contributed by atoms with E-state index in [1.54, 1.807) is 0 Å². The molecule has 0 fully saturated rings. The van der Waals surface area contributed by atoms with Gasteiger partial charge in [-0.05, 0) is 12.1 Å². The molecule has 1 aliphatic rings. The molecule has 1 aromatic rings. The van der Waals surface area contributed by atoms with Gasteiger partial charge in [0.2, 0.25) is 11.6 Å². The summed E-state index contributed by atoms with van der Waals surface area (Å²) in [7, 11) is 0. The quantitative estimate of drug-likeness (QED) is 0.648. The molecule has 0 saturated heterocycles. The average molecular weight is 172 g/mol. The second-order valence-electron chi connectivity index (χ2n) is 1.98. The molecule has 1 aromatic carbocycles. The summed E-state index contributed by atoms with van der Waals surface area (Å²) >= 11 is 0. The number of phenols is 1. The van der Waals surface area contributed by atoms with Gasteiger partial charge in [0.15, 0.2) is 11.5 Å². The fourth-order valence-corrected chi connectivity index (χ4v) is 0.742. The zero-order valence-electron chi connectivity index (χ0n) is 9.64. The summed E-state index contributed by atoms with van der Waals surface area (Å²) < 4.78 is 51.4. The monoisotopic (exact) mass is 172 g/mol. The standard InChI is InChI=1S/C8H5FO3/c9-7-5(10)1-2-6-8(7)12-4-3-11-6/h1-4,10H/i1D,2D,3D,4D. The molecule has 0 radical (unpaired) electrons. The molecule has 0 unspecified atom stereocenters. The fourth-order valence-electron chi connectivity index (χ4n) is 0.742. The third-order valence-electron chi connectivity index (χ3n) is 1.26. The predicted molar refractivity (Wildman–Crippen MR) is 38.5 cm³/mol. The van der Waals surface area contributed by atoms with Crippen molar-refractivity contribution < 1.29 is 24.5 Å². The zero-order chi connectivity index (χ0) is 12.0. The lowest BCUT2D eigenvalue weighted by Gasteiger charge is -2.12. The number of fused-ring (bicyclic) bond motifs is 1. The first-order chi connectivity index (χ1) is 7.43. The molecule has 1 heterocycles. The Morgan fingerprint density at radius 2 is 2.08 bits per heavy atom. The van der Waals surface area contributed by atoms with Crippen molar-refractivity contribution in [3.8, 4) is 17.2 Å². The molecule has 1 aliphatic heterocycles. The Balaban J connectivity index is 2.70. The van der Waals surface area contributed by atoms with Crippen molar-refractivity contribution in [2.45, 2.75) is 0 Å². The van der Waals surface area contributed by atoms with Crippen LogP contribution in [0.4, 0.5) is 4.39 Å². The van der Waals surface area contributed by atoms with Crippen LogP contribution in [-0.2, 0) is 0 Å². The highest BCUT2D eigenvalue weighted by Gasteiger charge is 2.16. The Morgan fingerprint density at radius 3 is 2.92 bits per heavy atom. The second-order valence-corrected chi connectivity index (χ2v) is 1.98. The van der Waals surface area contributed by atoms with E-state index in [0.29, 0.717) is 0 Å². The van der Waals surface area contributed by atoms with Crippen LogP contribution in [0.1, 0.15) is 5.48 Å². The van der Waals surface area contributed by atoms with Crippen LogP contribution in [0.2, 0.25) is 0 Å². The van der Waals surface area contributed by atoms with E-state index in [2.05, 4.69) is 9.47 Å². The van der Waals surface area contributed by atoms with Crippen molar-refractivity contribution in [1.29, 1.82) is 0 Å². The Morgan fingerprint density at radius 1 is 1.33 bits per heavy atom. The van der Waals surface area contributed by atoms with E-state index in [-0.39, 0.29) is 0 Å². The number of ether oxygens (including phenoxy) is 2. The molecule has 0 amide bonds. The van der Waals surface area contributed by atoms with E-state index in [1.807, 2.05) is 0 Å². The maximum absolute atomic E-state index is 13.4. The first-order valence-corrected chi connectivity index (χ1v) is 2.98. The van der Waals surface area contributed by atoms with Gasteiger partial charge in [0.1, 0.15) is 15.2 Å². The summed E-state index contributed by atoms with van der Waals surface area (Å²) in [5, 5.41) is 9.15. The minimum Gasteiger partial charge on any atom is -0.505 e. The van der Waals surface area contributed by atoms with E-state index >= 15 is 0 Å². The summed E-state index contributed by atoms with van der Waals surface area (Å²) in [5.41, 5.74) is 0. The van der Waals surface area contributed by atoms with Crippen LogP contribution in [0.3, 0.4) is 0 Å². The van der Waals surface area contributed by atoms with E-state index in [0.717, 1.165) is 0 Å². The number of hydrogen-bond donors (Lipinski definition) is 1. The Hall–Kier alpha value is -1.71. The largest absolute Gasteiger partial charge is 0.505 e. The molecular formula is C8H5FO3. The van der Waals surface area contributed by atoms with E-state index in [4.69, 9.17) is 10.6 Å². The smallest absolute Gasteiger partial charge is 0.211 e. The van der Waals surface area contributed by atoms with Crippen LogP contribution in [0.15, 0.2) is 24.6 Å². The third-order valence-corrected chi connectivity index (χ3v) is 1.26. The van der Waals surface area contributed by atoms with Gasteiger partial charge in [0, 0.05) is 0 Å². The van der Waals surface area contributed by atoms with Crippen molar-refractivity contribution in [2.75, 3.05) is 0 Å². The van der Waals surface area contributed by atoms with Crippen LogP contribution in [0.5, 0.6) is 17.2 Å². The van der Waals surface area contributed by atoms with Crippen molar-refractivity contribution in [2.24, 2.45) is 0 Å². The number of benzene rings is 1. The molecule has 0 aromatic heterocycles. The number of aromatic hydroxyl groups is 1. The molecule has 1 N–H and O–H groups in total. The highest BCUT2D eigenvalue weighted by atomic mass is 19.1.